The van der Waals surface area contributed by atoms with Crippen LogP contribution >= 0.6 is 0 Å². The van der Waals surface area contributed by atoms with E-state index in [1.807, 2.05) is 4.90 Å². The predicted octanol–water partition coefficient (Wildman–Crippen LogP) is 0.616. The van der Waals surface area contributed by atoms with E-state index in [0.717, 1.165) is 45.3 Å². The minimum Gasteiger partial charge on any atom is -0.373 e. The second-order valence-corrected chi connectivity index (χ2v) is 3.79. The fraction of sp³-hybridized carbons (Fsp3) is 0.889. The molecule has 0 aliphatic carbocycles. The van der Waals surface area contributed by atoms with Gasteiger partial charge in [0, 0.05) is 19.6 Å². The highest BCUT2D eigenvalue weighted by atomic mass is 16.3. The quantitative estimate of drug-likeness (QED) is 0.599. The van der Waals surface area contributed by atoms with Gasteiger partial charge < -0.3 is 10.0 Å². The molecule has 2 rings (SSSR count). The molecule has 2 amide bonds. The molecule has 0 aromatic carbocycles. The van der Waals surface area contributed by atoms with Gasteiger partial charge >= 0.3 is 6.03 Å². The van der Waals surface area contributed by atoms with Crippen LogP contribution in [0.4, 0.5) is 4.79 Å². The third-order valence-electron chi connectivity index (χ3n) is 2.84. The van der Waals surface area contributed by atoms with E-state index in [-0.39, 0.29) is 6.03 Å². The van der Waals surface area contributed by atoms with Crippen LogP contribution < -0.4 is 0 Å². The van der Waals surface area contributed by atoms with Gasteiger partial charge in [-0.05, 0) is 25.7 Å². The van der Waals surface area contributed by atoms with Gasteiger partial charge in [-0.1, -0.05) is 0 Å². The molecule has 0 radical (unpaired) electrons. The normalized spacial score (nSPS) is 28.5. The summed E-state index contributed by atoms with van der Waals surface area (Å²) in [4.78, 5) is 15.2. The Morgan fingerprint density at radius 1 is 1.15 bits per heavy atom. The fourth-order valence-corrected chi connectivity index (χ4v) is 2.06. The average molecular weight is 184 g/mol. The van der Waals surface area contributed by atoms with Crippen LogP contribution in [0, 0.1) is 0 Å². The first-order valence-electron chi connectivity index (χ1n) is 5.02. The SMILES string of the molecule is O=C(N1CCCC1)N1CCCC1O. The Bertz CT molecular complexity index is 202. The smallest absolute Gasteiger partial charge is 0.322 e. The lowest BCUT2D eigenvalue weighted by atomic mass is 10.4. The van der Waals surface area contributed by atoms with E-state index in [9.17, 15) is 9.90 Å². The Balaban J connectivity index is 1.95. The van der Waals surface area contributed by atoms with E-state index in [1.165, 1.54) is 0 Å². The topological polar surface area (TPSA) is 43.8 Å². The highest BCUT2D eigenvalue weighted by Gasteiger charge is 2.31. The van der Waals surface area contributed by atoms with Gasteiger partial charge in [-0.15, -0.1) is 0 Å². The summed E-state index contributed by atoms with van der Waals surface area (Å²) >= 11 is 0. The second-order valence-electron chi connectivity index (χ2n) is 3.79. The van der Waals surface area contributed by atoms with Crippen LogP contribution in [0.15, 0.2) is 0 Å². The number of aliphatic hydroxyl groups excluding tert-OH is 1. The van der Waals surface area contributed by atoms with E-state index in [4.69, 9.17) is 0 Å². The first-order chi connectivity index (χ1) is 6.29. The molecule has 2 fully saturated rings. The summed E-state index contributed by atoms with van der Waals surface area (Å²) in [7, 11) is 0. The Morgan fingerprint density at radius 2 is 1.85 bits per heavy atom. The van der Waals surface area contributed by atoms with Crippen LogP contribution in [0.1, 0.15) is 25.7 Å². The van der Waals surface area contributed by atoms with Gasteiger partial charge in [0.2, 0.25) is 0 Å². The number of nitrogens with zero attached hydrogens (tertiary/aromatic N) is 2. The predicted molar refractivity (Wildman–Crippen MR) is 48.1 cm³/mol. The van der Waals surface area contributed by atoms with Crippen molar-refractivity contribution < 1.29 is 9.90 Å². The van der Waals surface area contributed by atoms with Crippen LogP contribution in [-0.2, 0) is 0 Å². The summed E-state index contributed by atoms with van der Waals surface area (Å²) in [5.74, 6) is 0. The van der Waals surface area contributed by atoms with Crippen molar-refractivity contribution >= 4 is 6.03 Å². The number of amides is 2. The second kappa shape index (κ2) is 3.54. The number of hydrogen-bond acceptors (Lipinski definition) is 2. The zero-order valence-electron chi connectivity index (χ0n) is 7.78. The number of urea groups is 1. The number of hydrogen-bond donors (Lipinski definition) is 1. The van der Waals surface area contributed by atoms with Crippen molar-refractivity contribution in [3.63, 3.8) is 0 Å². The van der Waals surface area contributed by atoms with Crippen molar-refractivity contribution in [2.24, 2.45) is 0 Å². The van der Waals surface area contributed by atoms with Crippen LogP contribution in [0.3, 0.4) is 0 Å². The Labute approximate surface area is 78.1 Å². The molecular weight excluding hydrogens is 168 g/mol. The molecule has 2 saturated heterocycles. The van der Waals surface area contributed by atoms with Gasteiger partial charge in [-0.2, -0.15) is 0 Å². The molecule has 0 bridgehead atoms. The Morgan fingerprint density at radius 3 is 2.38 bits per heavy atom. The maximum absolute atomic E-state index is 11.7. The molecule has 4 heteroatoms. The first-order valence-corrected chi connectivity index (χ1v) is 5.02. The molecule has 0 aromatic heterocycles. The van der Waals surface area contributed by atoms with Gasteiger partial charge in [-0.3, -0.25) is 4.90 Å². The summed E-state index contributed by atoms with van der Waals surface area (Å²) < 4.78 is 0. The highest BCUT2D eigenvalue weighted by molar-refractivity contribution is 5.75. The minimum atomic E-state index is -0.534. The van der Waals surface area contributed by atoms with Crippen LogP contribution in [0.5, 0.6) is 0 Å². The van der Waals surface area contributed by atoms with E-state index in [0.29, 0.717) is 0 Å². The lowest BCUT2D eigenvalue weighted by molar-refractivity contribution is 0.0492. The van der Waals surface area contributed by atoms with Crippen molar-refractivity contribution in [1.82, 2.24) is 9.80 Å². The molecule has 4 nitrogen and oxygen atoms in total. The van der Waals surface area contributed by atoms with Crippen molar-refractivity contribution in [2.45, 2.75) is 31.9 Å². The molecule has 13 heavy (non-hydrogen) atoms. The van der Waals surface area contributed by atoms with E-state index >= 15 is 0 Å². The van der Waals surface area contributed by atoms with Crippen molar-refractivity contribution in [3.8, 4) is 0 Å². The standard InChI is InChI=1S/C9H16N2O2/c12-8-4-3-7-11(8)9(13)10-5-1-2-6-10/h8,12H,1-7H2. The number of likely N-dealkylation sites (tertiary alicyclic amines) is 2. The number of aliphatic hydroxyl groups is 1. The monoisotopic (exact) mass is 184 g/mol. The Hall–Kier alpha value is -0.770. The average Bonchev–Trinajstić information content (AvgIpc) is 2.72. The molecule has 1 atom stereocenters. The molecule has 0 aromatic rings. The molecule has 2 heterocycles. The van der Waals surface area contributed by atoms with E-state index < -0.39 is 6.23 Å². The molecule has 2 aliphatic rings. The maximum Gasteiger partial charge on any atom is 0.322 e. The number of rotatable bonds is 0. The van der Waals surface area contributed by atoms with Gasteiger partial charge in [0.1, 0.15) is 6.23 Å². The molecule has 2 aliphatic heterocycles. The Kier molecular flexibility index (Phi) is 2.40. The lowest BCUT2D eigenvalue weighted by Crippen LogP contribution is -2.44. The maximum atomic E-state index is 11.7. The zero-order chi connectivity index (χ0) is 9.26. The molecule has 74 valence electrons. The first kappa shape index (κ1) is 8.81. The lowest BCUT2D eigenvalue weighted by Gasteiger charge is -2.26. The highest BCUT2D eigenvalue weighted by Crippen LogP contribution is 2.19. The van der Waals surface area contributed by atoms with Gasteiger partial charge in [0.15, 0.2) is 0 Å². The van der Waals surface area contributed by atoms with Crippen molar-refractivity contribution in [1.29, 1.82) is 0 Å². The molecule has 0 saturated carbocycles. The molecule has 1 N–H and O–H groups in total. The molecular formula is C9H16N2O2. The van der Waals surface area contributed by atoms with Crippen molar-refractivity contribution in [2.75, 3.05) is 19.6 Å². The fourth-order valence-electron chi connectivity index (χ4n) is 2.06. The number of carbonyl (C=O) groups excluding carboxylic acids is 1. The van der Waals surface area contributed by atoms with Crippen LogP contribution in [-0.4, -0.2) is 46.8 Å². The molecule has 1 unspecified atom stereocenters. The van der Waals surface area contributed by atoms with Crippen LogP contribution in [0.25, 0.3) is 0 Å². The summed E-state index contributed by atoms with van der Waals surface area (Å²) in [6.07, 6.45) is 3.35. The van der Waals surface area contributed by atoms with Gasteiger partial charge in [0.05, 0.1) is 0 Å². The summed E-state index contributed by atoms with van der Waals surface area (Å²) in [5.41, 5.74) is 0. The van der Waals surface area contributed by atoms with E-state index in [2.05, 4.69) is 0 Å². The third-order valence-corrected chi connectivity index (χ3v) is 2.84. The summed E-state index contributed by atoms with van der Waals surface area (Å²) in [5, 5.41) is 9.50. The number of carbonyl (C=O) groups is 1. The minimum absolute atomic E-state index is 0.0301. The van der Waals surface area contributed by atoms with Gasteiger partial charge in [0.25, 0.3) is 0 Å². The summed E-state index contributed by atoms with van der Waals surface area (Å²) in [6.45, 7) is 2.45. The zero-order valence-corrected chi connectivity index (χ0v) is 7.78. The summed E-state index contributed by atoms with van der Waals surface area (Å²) in [6, 6.07) is 0.0301. The molecule has 0 spiro atoms. The van der Waals surface area contributed by atoms with Crippen molar-refractivity contribution in [3.05, 3.63) is 0 Å². The largest absolute Gasteiger partial charge is 0.373 e. The van der Waals surface area contributed by atoms with E-state index in [1.54, 1.807) is 4.90 Å². The van der Waals surface area contributed by atoms with Crippen LogP contribution in [0.2, 0.25) is 0 Å². The third kappa shape index (κ3) is 1.63. The van der Waals surface area contributed by atoms with Gasteiger partial charge in [-0.25, -0.2) is 4.79 Å².